The van der Waals surface area contributed by atoms with Crippen LogP contribution in [0.15, 0.2) is 310 Å². The van der Waals surface area contributed by atoms with E-state index >= 15 is 0 Å². The van der Waals surface area contributed by atoms with E-state index in [-0.39, 0.29) is 5.41 Å². The van der Waals surface area contributed by atoms with Crippen molar-refractivity contribution < 1.29 is 24.1 Å². The summed E-state index contributed by atoms with van der Waals surface area (Å²) in [6.45, 7) is 74.2. The third kappa shape index (κ3) is 52.3. The first-order valence-electron chi connectivity index (χ1n) is 50.5. The van der Waals surface area contributed by atoms with Crippen LogP contribution in [0.5, 0.6) is 28.7 Å². The van der Waals surface area contributed by atoms with E-state index in [4.69, 9.17) is 24.1 Å². The predicted octanol–water partition coefficient (Wildman–Crippen LogP) is 39.1. The molecule has 0 saturated carbocycles. The molecule has 5 heteroatoms. The van der Waals surface area contributed by atoms with E-state index in [0.717, 1.165) is 42.6 Å². The lowest BCUT2D eigenvalue weighted by atomic mass is 9.86. The van der Waals surface area contributed by atoms with Gasteiger partial charge in [0, 0.05) is 0 Å². The van der Waals surface area contributed by atoms with Crippen LogP contribution in [0.25, 0.3) is 6.08 Å². The predicted molar refractivity (Wildman–Crippen MR) is 592 cm³/mol. The Morgan fingerprint density at radius 2 is 0.552 bits per heavy atom. The molecule has 134 heavy (non-hydrogen) atoms. The molecule has 0 saturated heterocycles. The van der Waals surface area contributed by atoms with Crippen molar-refractivity contribution in [2.45, 2.75) is 343 Å². The molecule has 12 rings (SSSR count). The summed E-state index contributed by atoms with van der Waals surface area (Å²) in [6.07, 6.45) is 10.4. The Bertz CT molecular complexity index is 4840. The van der Waals surface area contributed by atoms with Gasteiger partial charge in [0.05, 0.1) is 20.3 Å². The maximum Gasteiger partial charge on any atom is 0.120 e. The number of aromatic hydroxyl groups is 1. The van der Waals surface area contributed by atoms with Crippen molar-refractivity contribution in [1.82, 2.24) is 0 Å². The Morgan fingerprint density at radius 1 is 0.269 bits per heavy atom. The number of methoxy groups -OCH3 is 1. The van der Waals surface area contributed by atoms with Crippen LogP contribution >= 0.6 is 0 Å². The second-order valence-corrected chi connectivity index (χ2v) is 39.5. The summed E-state index contributed by atoms with van der Waals surface area (Å²) >= 11 is 0. The van der Waals surface area contributed by atoms with Gasteiger partial charge in [-0.1, -0.05) is 482 Å². The molecule has 0 unspecified atom stereocenters. The summed E-state index contributed by atoms with van der Waals surface area (Å²) < 4.78 is 21.9. The van der Waals surface area contributed by atoms with E-state index in [1.807, 2.05) is 85.8 Å². The molecule has 728 valence electrons. The number of hydrogen-bond acceptors (Lipinski definition) is 5. The van der Waals surface area contributed by atoms with E-state index in [0.29, 0.717) is 83.4 Å². The zero-order chi connectivity index (χ0) is 100. The van der Waals surface area contributed by atoms with Crippen LogP contribution in [0.1, 0.15) is 412 Å². The van der Waals surface area contributed by atoms with E-state index in [2.05, 4.69) is 433 Å². The highest BCUT2D eigenvalue weighted by Gasteiger charge is 2.14. The number of aryl methyl sites for hydroxylation is 2. The van der Waals surface area contributed by atoms with Crippen molar-refractivity contribution in [2.75, 3.05) is 20.3 Å². The molecule has 0 bridgehead atoms. The number of hydrogen-bond donors (Lipinski definition) is 1. The molecule has 0 radical (unpaired) electrons. The van der Waals surface area contributed by atoms with Gasteiger partial charge in [0.15, 0.2) is 0 Å². The minimum absolute atomic E-state index is 0.273. The summed E-state index contributed by atoms with van der Waals surface area (Å²) in [5, 5.41) is 8.94. The number of unbranched alkanes of at least 4 members (excludes halogenated alkanes) is 2. The van der Waals surface area contributed by atoms with Gasteiger partial charge in [-0.3, -0.25) is 0 Å². The Kier molecular flexibility index (Phi) is 61.0. The molecule has 0 heterocycles. The maximum absolute atomic E-state index is 8.94. The van der Waals surface area contributed by atoms with Gasteiger partial charge in [-0.05, 0) is 264 Å². The second-order valence-electron chi connectivity index (χ2n) is 39.5. The van der Waals surface area contributed by atoms with Crippen LogP contribution < -0.4 is 18.9 Å². The van der Waals surface area contributed by atoms with Crippen molar-refractivity contribution in [2.24, 2.45) is 0 Å². The lowest BCUT2D eigenvalue weighted by Gasteiger charge is -2.19. The Labute approximate surface area is 820 Å². The topological polar surface area (TPSA) is 57.2 Å². The van der Waals surface area contributed by atoms with Crippen LogP contribution in [-0.2, 0) is 24.9 Å². The zero-order valence-corrected chi connectivity index (χ0v) is 89.7. The third-order valence-corrected chi connectivity index (χ3v) is 22.9. The molecule has 5 nitrogen and oxygen atoms in total. The van der Waals surface area contributed by atoms with Gasteiger partial charge >= 0.3 is 0 Å². The normalized spacial score (nSPS) is 10.7. The molecule has 0 atom stereocenters. The van der Waals surface area contributed by atoms with Gasteiger partial charge in [0.1, 0.15) is 35.4 Å². The molecule has 12 aromatic rings. The molecular formula is C129H182O5. The number of phenolic OH excluding ortho intramolecular Hbond substituents is 1. The Hall–Kier alpha value is -10.6. The maximum atomic E-state index is 8.94. The summed E-state index contributed by atoms with van der Waals surface area (Å²) in [4.78, 5) is 0. The van der Waals surface area contributed by atoms with E-state index < -0.39 is 0 Å². The van der Waals surface area contributed by atoms with Crippen molar-refractivity contribution in [3.63, 3.8) is 0 Å². The lowest BCUT2D eigenvalue weighted by Crippen LogP contribution is -2.10. The van der Waals surface area contributed by atoms with Gasteiger partial charge in [-0.2, -0.15) is 0 Å². The van der Waals surface area contributed by atoms with Crippen LogP contribution in [0.2, 0.25) is 0 Å². The van der Waals surface area contributed by atoms with Crippen LogP contribution in [0.4, 0.5) is 0 Å². The highest BCUT2D eigenvalue weighted by Crippen LogP contribution is 2.29. The molecule has 0 aromatic heterocycles. The fourth-order valence-electron chi connectivity index (χ4n) is 13.3. The first kappa shape index (κ1) is 119. The zero-order valence-electron chi connectivity index (χ0n) is 89.7. The monoisotopic (exact) mass is 1810 g/mol. The molecular weight excluding hydrogens is 1630 g/mol. The summed E-state index contributed by atoms with van der Waals surface area (Å²) in [5.74, 6) is 11.5. The standard InChI is InChI=1S/C16H18O.C13H20O.2C13H20.2C12H18.C11H16O.C11H14.C10H14O.C9H12O.C9H12/c1-13(2)15-9-6-10-16(11-15)17-12-14-7-4-3-5-8-14;1-4-5-9-14-13-8-6-7-12(10-13)11(2)3;1-10(2)11-6-8-12(9-7-11)13(3,4)5;1-4-5-6-12-7-9-13(10-8-12)11(2)3;1-9(2)11-5-7-12(8-6-11)10(3)4;1-4-5-11-6-8-12(9-7-11)10(2)3;1-4-12-11-7-5-6-10(8-11)9(2)3;1-4-10-5-7-11(8-6-10)9(2)3;1-8(2)9-4-6-10(11-3)7-5-9;1-7(2)8-3-5-9(10)6-4-8;1-8(2)9-6-4-3-5-7-9/h3-11,13H,12H2,1-2H3;6-8,10-11H,4-5,9H2,1-3H3;6-10H,1-5H3;7-11H,4-6H2,1-3H3;5-10H,1-4H3;6-10H,4-5H2,1-3H3;5-9H,4H2,1-3H3;4-9H,1H2,2-3H3;4-8H,1-3H3;3-7,10H,1-2H3;3-8H,1-2H3. The van der Waals surface area contributed by atoms with E-state index in [9.17, 15) is 0 Å². The average Bonchev–Trinajstić information content (AvgIpc) is 0.845. The third-order valence-electron chi connectivity index (χ3n) is 22.9. The van der Waals surface area contributed by atoms with Gasteiger partial charge in [-0.15, -0.1) is 0 Å². The summed E-state index contributed by atoms with van der Waals surface area (Å²) in [5.41, 5.74) is 23.6. The van der Waals surface area contributed by atoms with Gasteiger partial charge in [-0.25, -0.2) is 0 Å². The Balaban J connectivity index is 0.000000500. The average molecular weight is 1810 g/mol. The van der Waals surface area contributed by atoms with Gasteiger partial charge in [0.25, 0.3) is 0 Å². The van der Waals surface area contributed by atoms with Crippen molar-refractivity contribution in [3.05, 3.63) is 404 Å². The fourth-order valence-corrected chi connectivity index (χ4v) is 13.3. The molecule has 0 spiro atoms. The van der Waals surface area contributed by atoms with Crippen molar-refractivity contribution in [1.29, 1.82) is 0 Å². The smallest absolute Gasteiger partial charge is 0.120 e. The second kappa shape index (κ2) is 68.4. The molecule has 12 aromatic carbocycles. The van der Waals surface area contributed by atoms with Crippen LogP contribution in [0, 0.1) is 0 Å². The quantitative estimate of drug-likeness (QED) is 0.0495. The summed E-state index contributed by atoms with van der Waals surface area (Å²) in [6, 6.07) is 106. The number of ether oxygens (including phenoxy) is 4. The fraction of sp³-hybridized carbons (Fsp3) is 0.426. The molecule has 0 fully saturated rings. The van der Waals surface area contributed by atoms with Crippen molar-refractivity contribution >= 4 is 6.08 Å². The molecule has 1 N–H and O–H groups in total. The molecule has 0 aliphatic heterocycles. The largest absolute Gasteiger partial charge is 0.508 e. The lowest BCUT2D eigenvalue weighted by molar-refractivity contribution is 0.306. The molecule has 0 aliphatic rings. The molecule has 0 amide bonds. The van der Waals surface area contributed by atoms with Crippen LogP contribution in [-0.4, -0.2) is 25.4 Å². The first-order valence-corrected chi connectivity index (χ1v) is 50.5. The number of benzene rings is 12. The van der Waals surface area contributed by atoms with Crippen LogP contribution in [0.3, 0.4) is 0 Å². The van der Waals surface area contributed by atoms with Crippen molar-refractivity contribution in [3.8, 4) is 28.7 Å². The molecule has 0 aliphatic carbocycles. The van der Waals surface area contributed by atoms with E-state index in [1.54, 1.807) is 19.2 Å². The number of rotatable bonds is 28. The Morgan fingerprint density at radius 3 is 0.858 bits per heavy atom. The minimum Gasteiger partial charge on any atom is -0.508 e. The van der Waals surface area contributed by atoms with Gasteiger partial charge < -0.3 is 24.1 Å². The SMILES string of the molecule is C=Cc1ccc(C(C)C)cc1.CC(C)c1ccc(C(C)(C)C)cc1.CC(C)c1ccc(C(C)C)cc1.CC(C)c1ccc(O)cc1.CC(C)c1cccc(OCc2ccccc2)c1.CC(C)c1ccccc1.CCCCOc1cccc(C(C)C)c1.CCCCc1ccc(C(C)C)cc1.CCCc1ccc(C(C)C)cc1.CCOc1cccc(C(C)C)c1.COc1ccc(C(C)C)cc1. The number of phenols is 1. The summed E-state index contributed by atoms with van der Waals surface area (Å²) in [7, 11) is 1.68. The first-order chi connectivity index (χ1) is 63.7. The van der Waals surface area contributed by atoms with Gasteiger partial charge in [0.2, 0.25) is 0 Å². The highest BCUT2D eigenvalue weighted by atomic mass is 16.5. The highest BCUT2D eigenvalue weighted by molar-refractivity contribution is 5.47. The minimum atomic E-state index is 0.273. The van der Waals surface area contributed by atoms with E-state index in [1.165, 1.54) is 133 Å².